The second-order valence-electron chi connectivity index (χ2n) is 4.27. The minimum atomic E-state index is -0.306. The van der Waals surface area contributed by atoms with E-state index in [2.05, 4.69) is 6.92 Å². The summed E-state index contributed by atoms with van der Waals surface area (Å²) in [5, 5.41) is 0. The van der Waals surface area contributed by atoms with Crippen LogP contribution in [0.3, 0.4) is 0 Å². The quantitative estimate of drug-likeness (QED) is 0.741. The van der Waals surface area contributed by atoms with E-state index in [-0.39, 0.29) is 5.97 Å². The molecule has 0 N–H and O–H groups in total. The molecule has 96 valence electrons. The molecule has 0 unspecified atom stereocenters. The zero-order valence-electron chi connectivity index (χ0n) is 10.9. The molecule has 1 aromatic carbocycles. The molecule has 18 heavy (non-hydrogen) atoms. The highest BCUT2D eigenvalue weighted by Crippen LogP contribution is 2.36. The average molecular weight is 246 g/mol. The maximum absolute atomic E-state index is 11.9. The Morgan fingerprint density at radius 2 is 2.11 bits per heavy atom. The van der Waals surface area contributed by atoms with Crippen LogP contribution in [0.15, 0.2) is 24.3 Å². The largest absolute Gasteiger partial charge is 0.493 e. The van der Waals surface area contributed by atoms with Crippen LogP contribution in [0.4, 0.5) is 0 Å². The minimum absolute atomic E-state index is 0.306. The third kappa shape index (κ3) is 2.40. The van der Waals surface area contributed by atoms with Crippen LogP contribution < -0.4 is 4.74 Å². The molecular weight excluding hydrogens is 228 g/mol. The number of unbranched alkanes of at least 4 members (excludes halogenated alkanes) is 1. The molecule has 0 bridgehead atoms. The van der Waals surface area contributed by atoms with E-state index in [1.807, 2.05) is 31.2 Å². The van der Waals surface area contributed by atoms with Crippen LogP contribution >= 0.6 is 0 Å². The van der Waals surface area contributed by atoms with Crippen LogP contribution in [0.1, 0.15) is 49.0 Å². The molecule has 1 aromatic rings. The molecule has 0 amide bonds. The standard InChI is InChI=1S/C15H18O3/c1-3-5-8-12-11-7-6-9-13(17-10-4-2)14(11)15(16)18-12/h6-9H,3-5,10H2,1-2H3/b12-8-. The number of fused-ring (bicyclic) bond motifs is 1. The van der Waals surface area contributed by atoms with Crippen molar-refractivity contribution in [2.45, 2.75) is 33.1 Å². The van der Waals surface area contributed by atoms with E-state index >= 15 is 0 Å². The average Bonchev–Trinajstić information content (AvgIpc) is 2.71. The molecule has 0 atom stereocenters. The number of hydrogen-bond donors (Lipinski definition) is 0. The normalized spacial score (nSPS) is 15.7. The molecule has 0 fully saturated rings. The highest BCUT2D eigenvalue weighted by molar-refractivity contribution is 6.05. The Kier molecular flexibility index (Phi) is 4.03. The summed E-state index contributed by atoms with van der Waals surface area (Å²) in [4.78, 5) is 11.9. The number of rotatable bonds is 5. The van der Waals surface area contributed by atoms with Crippen molar-refractivity contribution >= 4 is 11.7 Å². The number of carbonyl (C=O) groups excluding carboxylic acids is 1. The number of benzene rings is 1. The van der Waals surface area contributed by atoms with Gasteiger partial charge >= 0.3 is 5.97 Å². The van der Waals surface area contributed by atoms with E-state index in [4.69, 9.17) is 9.47 Å². The van der Waals surface area contributed by atoms with E-state index in [0.717, 1.165) is 24.8 Å². The molecule has 1 heterocycles. The second-order valence-corrected chi connectivity index (χ2v) is 4.27. The van der Waals surface area contributed by atoms with Crippen LogP contribution in [-0.2, 0) is 4.74 Å². The summed E-state index contributed by atoms with van der Waals surface area (Å²) in [6.07, 6.45) is 4.81. The first-order valence-electron chi connectivity index (χ1n) is 6.46. The van der Waals surface area contributed by atoms with Gasteiger partial charge in [-0.25, -0.2) is 4.79 Å². The van der Waals surface area contributed by atoms with E-state index in [9.17, 15) is 4.79 Å². The summed E-state index contributed by atoms with van der Waals surface area (Å²) in [5.74, 6) is 0.983. The minimum Gasteiger partial charge on any atom is -0.493 e. The first kappa shape index (κ1) is 12.7. The van der Waals surface area contributed by atoms with Crippen molar-refractivity contribution in [2.75, 3.05) is 6.61 Å². The highest BCUT2D eigenvalue weighted by atomic mass is 16.5. The summed E-state index contributed by atoms with van der Waals surface area (Å²) < 4.78 is 10.9. The molecule has 1 aliphatic heterocycles. The van der Waals surface area contributed by atoms with Gasteiger partial charge in [-0.3, -0.25) is 0 Å². The Morgan fingerprint density at radius 1 is 1.28 bits per heavy atom. The maximum atomic E-state index is 11.9. The predicted molar refractivity (Wildman–Crippen MR) is 70.5 cm³/mol. The number of cyclic esters (lactones) is 1. The van der Waals surface area contributed by atoms with E-state index in [0.29, 0.717) is 23.7 Å². The van der Waals surface area contributed by atoms with Crippen LogP contribution in [0.25, 0.3) is 5.76 Å². The van der Waals surface area contributed by atoms with Gasteiger partial charge in [0.25, 0.3) is 0 Å². The lowest BCUT2D eigenvalue weighted by Gasteiger charge is -2.06. The second kappa shape index (κ2) is 5.71. The Balaban J connectivity index is 2.35. The maximum Gasteiger partial charge on any atom is 0.348 e. The number of ether oxygens (including phenoxy) is 2. The monoisotopic (exact) mass is 246 g/mol. The molecule has 0 saturated heterocycles. The van der Waals surface area contributed by atoms with Crippen LogP contribution in [0, 0.1) is 0 Å². The number of hydrogen-bond acceptors (Lipinski definition) is 3. The summed E-state index contributed by atoms with van der Waals surface area (Å²) in [5.41, 5.74) is 1.41. The molecule has 3 heteroatoms. The van der Waals surface area contributed by atoms with Crippen molar-refractivity contribution in [2.24, 2.45) is 0 Å². The van der Waals surface area contributed by atoms with Gasteiger partial charge in [0, 0.05) is 5.56 Å². The lowest BCUT2D eigenvalue weighted by Crippen LogP contribution is -2.02. The number of allylic oxidation sites excluding steroid dienone is 1. The van der Waals surface area contributed by atoms with Gasteiger partial charge in [0.2, 0.25) is 0 Å². The topological polar surface area (TPSA) is 35.5 Å². The SMILES string of the molecule is CCC/C=C1\OC(=O)c2c(OCCC)cccc21. The van der Waals surface area contributed by atoms with E-state index < -0.39 is 0 Å². The molecule has 0 aliphatic carbocycles. The molecule has 0 aromatic heterocycles. The third-order valence-corrected chi connectivity index (χ3v) is 2.78. The summed E-state index contributed by atoms with van der Waals surface area (Å²) in [6.45, 7) is 4.74. The van der Waals surface area contributed by atoms with Crippen molar-refractivity contribution in [1.29, 1.82) is 0 Å². The Morgan fingerprint density at radius 3 is 2.83 bits per heavy atom. The van der Waals surface area contributed by atoms with Gasteiger partial charge < -0.3 is 9.47 Å². The fraction of sp³-hybridized carbons (Fsp3) is 0.400. The fourth-order valence-electron chi connectivity index (χ4n) is 1.91. The molecule has 0 saturated carbocycles. The molecule has 3 nitrogen and oxygen atoms in total. The number of esters is 1. The van der Waals surface area contributed by atoms with Crippen molar-refractivity contribution in [1.82, 2.24) is 0 Å². The highest BCUT2D eigenvalue weighted by Gasteiger charge is 2.29. The van der Waals surface area contributed by atoms with Gasteiger partial charge in [0.05, 0.1) is 6.61 Å². The van der Waals surface area contributed by atoms with Crippen LogP contribution in [-0.4, -0.2) is 12.6 Å². The van der Waals surface area contributed by atoms with Crippen LogP contribution in [0.2, 0.25) is 0 Å². The zero-order valence-corrected chi connectivity index (χ0v) is 10.9. The lowest BCUT2D eigenvalue weighted by molar-refractivity contribution is 0.0711. The van der Waals surface area contributed by atoms with Gasteiger partial charge in [-0.2, -0.15) is 0 Å². The van der Waals surface area contributed by atoms with E-state index in [1.165, 1.54) is 0 Å². The first-order valence-corrected chi connectivity index (χ1v) is 6.46. The smallest absolute Gasteiger partial charge is 0.348 e. The predicted octanol–water partition coefficient (Wildman–Crippen LogP) is 3.79. The van der Waals surface area contributed by atoms with Gasteiger partial charge in [-0.15, -0.1) is 0 Å². The summed E-state index contributed by atoms with van der Waals surface area (Å²) in [7, 11) is 0. The molecule has 0 radical (unpaired) electrons. The van der Waals surface area contributed by atoms with E-state index in [1.54, 1.807) is 0 Å². The molecule has 1 aliphatic rings. The fourth-order valence-corrected chi connectivity index (χ4v) is 1.91. The van der Waals surface area contributed by atoms with Gasteiger partial charge in [-0.05, 0) is 25.0 Å². The molecular formula is C15H18O3. The zero-order chi connectivity index (χ0) is 13.0. The summed E-state index contributed by atoms with van der Waals surface area (Å²) >= 11 is 0. The van der Waals surface area contributed by atoms with Crippen LogP contribution in [0.5, 0.6) is 5.75 Å². The Bertz CT molecular complexity index is 475. The Hall–Kier alpha value is -1.77. The lowest BCUT2D eigenvalue weighted by atomic mass is 10.1. The van der Waals surface area contributed by atoms with Gasteiger partial charge in [0.15, 0.2) is 0 Å². The van der Waals surface area contributed by atoms with Crippen molar-refractivity contribution in [3.05, 3.63) is 35.4 Å². The van der Waals surface area contributed by atoms with Crippen molar-refractivity contribution < 1.29 is 14.3 Å². The Labute approximate surface area is 107 Å². The first-order chi connectivity index (χ1) is 8.77. The van der Waals surface area contributed by atoms with Gasteiger partial charge in [0.1, 0.15) is 17.1 Å². The molecule has 2 rings (SSSR count). The van der Waals surface area contributed by atoms with Gasteiger partial charge in [-0.1, -0.05) is 32.4 Å². The third-order valence-electron chi connectivity index (χ3n) is 2.78. The number of carbonyl (C=O) groups is 1. The molecule has 0 spiro atoms. The van der Waals surface area contributed by atoms with Crippen molar-refractivity contribution in [3.63, 3.8) is 0 Å². The van der Waals surface area contributed by atoms with Crippen molar-refractivity contribution in [3.8, 4) is 5.75 Å². The summed E-state index contributed by atoms with van der Waals surface area (Å²) in [6, 6.07) is 5.62.